The Bertz CT molecular complexity index is 806. The topological polar surface area (TPSA) is 60.9 Å². The molecule has 1 aromatic carbocycles. The van der Waals surface area contributed by atoms with Crippen LogP contribution in [0.25, 0.3) is 0 Å². The molecule has 0 bridgehead atoms. The Kier molecular flexibility index (Phi) is 3.65. The van der Waals surface area contributed by atoms with Crippen molar-refractivity contribution in [1.29, 1.82) is 0 Å². The van der Waals surface area contributed by atoms with Gasteiger partial charge in [0.05, 0.1) is 11.1 Å². The first-order valence-electron chi connectivity index (χ1n) is 8.56. The summed E-state index contributed by atoms with van der Waals surface area (Å²) in [4.78, 5) is 28.9. The molecular formula is C19H22N2O3S. The van der Waals surface area contributed by atoms with Crippen molar-refractivity contribution in [3.8, 4) is 0 Å². The van der Waals surface area contributed by atoms with Crippen molar-refractivity contribution in [2.45, 2.75) is 37.6 Å². The maximum Gasteiger partial charge on any atom is 0.335 e. The lowest BCUT2D eigenvalue weighted by Crippen LogP contribution is -2.50. The van der Waals surface area contributed by atoms with Gasteiger partial charge in [-0.15, -0.1) is 11.8 Å². The van der Waals surface area contributed by atoms with Crippen molar-refractivity contribution in [3.05, 3.63) is 46.0 Å². The summed E-state index contributed by atoms with van der Waals surface area (Å²) in [6, 6.07) is 4.91. The highest BCUT2D eigenvalue weighted by atomic mass is 32.2. The molecule has 2 aliphatic heterocycles. The maximum absolute atomic E-state index is 13.2. The van der Waals surface area contributed by atoms with Crippen LogP contribution in [0.1, 0.15) is 46.0 Å². The lowest BCUT2D eigenvalue weighted by atomic mass is 10.0. The van der Waals surface area contributed by atoms with Crippen LogP contribution in [0.3, 0.4) is 0 Å². The fraction of sp³-hybridized carbons (Fsp3) is 0.474. The second kappa shape index (κ2) is 5.53. The lowest BCUT2D eigenvalue weighted by Gasteiger charge is -2.37. The normalized spacial score (nSPS) is 30.3. The number of hydrogen-bond donors (Lipinski definition) is 1. The molecule has 1 N–H and O–H groups in total. The van der Waals surface area contributed by atoms with Gasteiger partial charge < -0.3 is 14.9 Å². The van der Waals surface area contributed by atoms with Crippen LogP contribution >= 0.6 is 11.8 Å². The molecule has 3 aliphatic rings. The Labute approximate surface area is 151 Å². The van der Waals surface area contributed by atoms with Crippen LogP contribution in [0.4, 0.5) is 0 Å². The van der Waals surface area contributed by atoms with E-state index in [1.165, 1.54) is 11.8 Å². The number of piperidine rings is 1. The zero-order valence-corrected chi connectivity index (χ0v) is 15.5. The standard InChI is InChI=1S/C19H22N2O3S/c1-11-6-13(8-14(7-11)17(23)24)16(22)21-5-4-15-9-19(15,21)18-20(3)12(2)10-25-18/h6-8,10,15,18H,4-5,9H2,1-3H3,(H,23,24)/t15-,18?,19?/m1/s1. The van der Waals surface area contributed by atoms with Gasteiger partial charge in [0.2, 0.25) is 0 Å². The molecule has 132 valence electrons. The van der Waals surface area contributed by atoms with Crippen LogP contribution in [-0.4, -0.2) is 51.3 Å². The van der Waals surface area contributed by atoms with E-state index in [4.69, 9.17) is 0 Å². The molecule has 1 saturated carbocycles. The third kappa shape index (κ3) is 2.38. The number of carboxylic acid groups (broad SMARTS) is 1. The molecule has 0 spiro atoms. The molecule has 1 aromatic rings. The number of carbonyl (C=O) groups is 2. The summed E-state index contributed by atoms with van der Waals surface area (Å²) in [6.07, 6.45) is 2.08. The number of hydrogen-bond acceptors (Lipinski definition) is 4. The molecule has 4 rings (SSSR count). The quantitative estimate of drug-likeness (QED) is 0.899. The van der Waals surface area contributed by atoms with E-state index in [0.29, 0.717) is 11.5 Å². The first kappa shape index (κ1) is 16.5. The molecule has 1 saturated heterocycles. The molecule has 0 aromatic heterocycles. The molecular weight excluding hydrogens is 336 g/mol. The van der Waals surface area contributed by atoms with Crippen LogP contribution in [0, 0.1) is 12.8 Å². The Balaban J connectivity index is 1.66. The van der Waals surface area contributed by atoms with Gasteiger partial charge in [-0.25, -0.2) is 4.79 Å². The van der Waals surface area contributed by atoms with Crippen LogP contribution in [0.15, 0.2) is 29.3 Å². The second-order valence-electron chi connectivity index (χ2n) is 7.39. The molecule has 2 heterocycles. The number of likely N-dealkylation sites (N-methyl/N-ethyl adjacent to an activating group) is 1. The predicted molar refractivity (Wildman–Crippen MR) is 97.5 cm³/mol. The van der Waals surface area contributed by atoms with Crippen LogP contribution < -0.4 is 0 Å². The third-order valence-corrected chi connectivity index (χ3v) is 7.30. The first-order valence-corrected chi connectivity index (χ1v) is 9.51. The fourth-order valence-electron chi connectivity index (χ4n) is 4.40. The molecule has 25 heavy (non-hydrogen) atoms. The minimum absolute atomic E-state index is 0.0373. The Hall–Kier alpha value is -1.95. The molecule has 6 heteroatoms. The van der Waals surface area contributed by atoms with E-state index in [9.17, 15) is 14.7 Å². The number of thioether (sulfide) groups is 1. The minimum Gasteiger partial charge on any atom is -0.478 e. The van der Waals surface area contributed by atoms with Gasteiger partial charge in [-0.05, 0) is 61.8 Å². The van der Waals surface area contributed by atoms with E-state index in [2.05, 4.69) is 24.3 Å². The van der Waals surface area contributed by atoms with E-state index in [1.54, 1.807) is 23.9 Å². The number of aromatic carboxylic acids is 1. The van der Waals surface area contributed by atoms with Crippen molar-refractivity contribution in [2.75, 3.05) is 13.6 Å². The van der Waals surface area contributed by atoms with Crippen molar-refractivity contribution in [3.63, 3.8) is 0 Å². The molecule has 0 radical (unpaired) electrons. The van der Waals surface area contributed by atoms with Crippen LogP contribution in [0.5, 0.6) is 0 Å². The van der Waals surface area contributed by atoms with Crippen molar-refractivity contribution < 1.29 is 14.7 Å². The van der Waals surface area contributed by atoms with E-state index in [-0.39, 0.29) is 22.4 Å². The summed E-state index contributed by atoms with van der Waals surface area (Å²) in [5, 5.41) is 11.7. The second-order valence-corrected chi connectivity index (χ2v) is 8.34. The average Bonchev–Trinajstić information content (AvgIpc) is 3.02. The highest BCUT2D eigenvalue weighted by Gasteiger charge is 2.68. The molecule has 1 amide bonds. The number of carboxylic acids is 1. The number of likely N-dealkylation sites (tertiary alicyclic amines) is 1. The summed E-state index contributed by atoms with van der Waals surface area (Å²) in [6.45, 7) is 4.68. The van der Waals surface area contributed by atoms with Gasteiger partial charge in [-0.1, -0.05) is 0 Å². The van der Waals surface area contributed by atoms with Crippen molar-refractivity contribution in [2.24, 2.45) is 5.92 Å². The summed E-state index contributed by atoms with van der Waals surface area (Å²) >= 11 is 1.80. The van der Waals surface area contributed by atoms with Gasteiger partial charge in [-0.3, -0.25) is 4.79 Å². The van der Waals surface area contributed by atoms with Gasteiger partial charge in [0.15, 0.2) is 0 Å². The van der Waals surface area contributed by atoms with Crippen molar-refractivity contribution in [1.82, 2.24) is 9.80 Å². The maximum atomic E-state index is 13.2. The van der Waals surface area contributed by atoms with Gasteiger partial charge in [0.25, 0.3) is 5.91 Å². The number of nitrogens with zero attached hydrogens (tertiary/aromatic N) is 2. The summed E-state index contributed by atoms with van der Waals surface area (Å²) in [5.74, 6) is -0.478. The molecule has 1 aliphatic carbocycles. The highest BCUT2D eigenvalue weighted by molar-refractivity contribution is 8.03. The fourth-order valence-corrected chi connectivity index (χ4v) is 5.89. The minimum atomic E-state index is -0.996. The zero-order valence-electron chi connectivity index (χ0n) is 14.7. The van der Waals surface area contributed by atoms with E-state index < -0.39 is 5.97 Å². The molecule has 2 unspecified atom stereocenters. The largest absolute Gasteiger partial charge is 0.478 e. The number of amides is 1. The number of carbonyl (C=O) groups excluding carboxylic acids is 1. The number of allylic oxidation sites excluding steroid dienone is 1. The van der Waals surface area contributed by atoms with Gasteiger partial charge in [0.1, 0.15) is 5.37 Å². The Morgan fingerprint density at radius 3 is 2.56 bits per heavy atom. The average molecular weight is 358 g/mol. The summed E-state index contributed by atoms with van der Waals surface area (Å²) in [5.41, 5.74) is 2.58. The smallest absolute Gasteiger partial charge is 0.335 e. The zero-order chi connectivity index (χ0) is 17.9. The number of rotatable bonds is 3. The highest BCUT2D eigenvalue weighted by Crippen LogP contribution is 2.62. The molecule has 2 fully saturated rings. The SMILES string of the molecule is CC1=CSC(C23C[C@H]2CCN3C(=O)c2cc(C)cc(C(=O)O)c2)N1C. The van der Waals surface area contributed by atoms with Gasteiger partial charge in [0, 0.05) is 24.9 Å². The lowest BCUT2D eigenvalue weighted by molar-refractivity contribution is 0.0647. The third-order valence-electron chi connectivity index (χ3n) is 5.84. The summed E-state index contributed by atoms with van der Waals surface area (Å²) < 4.78 is 0. The monoisotopic (exact) mass is 358 g/mol. The number of aryl methyl sites for hydroxylation is 1. The Morgan fingerprint density at radius 1 is 1.24 bits per heavy atom. The van der Waals surface area contributed by atoms with Gasteiger partial charge in [-0.2, -0.15) is 0 Å². The van der Waals surface area contributed by atoms with Crippen molar-refractivity contribution >= 4 is 23.6 Å². The summed E-state index contributed by atoms with van der Waals surface area (Å²) in [7, 11) is 2.09. The van der Waals surface area contributed by atoms with E-state index >= 15 is 0 Å². The number of fused-ring (bicyclic) bond motifs is 1. The van der Waals surface area contributed by atoms with Gasteiger partial charge >= 0.3 is 5.97 Å². The molecule has 5 nitrogen and oxygen atoms in total. The van der Waals surface area contributed by atoms with Crippen LogP contribution in [0.2, 0.25) is 0 Å². The number of benzene rings is 1. The first-order chi connectivity index (χ1) is 11.8. The predicted octanol–water partition coefficient (Wildman–Crippen LogP) is 3.16. The van der Waals surface area contributed by atoms with E-state index in [1.807, 2.05) is 11.8 Å². The molecule has 3 atom stereocenters. The Morgan fingerprint density at radius 2 is 1.96 bits per heavy atom. The van der Waals surface area contributed by atoms with E-state index in [0.717, 1.165) is 24.9 Å². The van der Waals surface area contributed by atoms with Crippen LogP contribution in [-0.2, 0) is 0 Å².